The standard InChI is InChI=1S/C89H98O4/c1-11-15-19-23-43-90-68-35-27-58(28-36-68)72-51-62-47-66(88(5,6)7)49-64-53-74(60-31-39-70(40-32-60)92-45-25-21-17-13-3)84-80-57-81-77(76(80)55-78(72)86(84)82(62)64)56-79-73(59-29-37-69(38-30-59)91-44-24-20-16-12-2)52-63-48-67(89(8,9)10)50-65-54-75(85(81)87(79)83(63)65)61-33-41-71(42-34-61)93-46-26-22-18-14-4/h27-42,47-56H,11-26,43-46,57H2,1-10H3. The maximum Gasteiger partial charge on any atom is 0.119 e. The maximum absolute atomic E-state index is 6.47. The predicted octanol–water partition coefficient (Wildman–Crippen LogP) is 26.2. The van der Waals surface area contributed by atoms with Gasteiger partial charge in [0.25, 0.3) is 0 Å². The molecule has 1 aliphatic rings. The average Bonchev–Trinajstić information content (AvgIpc) is 1.67. The van der Waals surface area contributed by atoms with Gasteiger partial charge in [-0.2, -0.15) is 0 Å². The monoisotopic (exact) mass is 1230 g/mol. The third kappa shape index (κ3) is 13.0. The zero-order valence-corrected chi connectivity index (χ0v) is 57.5. The molecule has 478 valence electrons. The molecule has 0 radical (unpaired) electrons. The average molecular weight is 1230 g/mol. The first-order valence-electron chi connectivity index (χ1n) is 35.8. The Morgan fingerprint density at radius 3 is 0.806 bits per heavy atom. The van der Waals surface area contributed by atoms with Gasteiger partial charge in [0.2, 0.25) is 0 Å². The van der Waals surface area contributed by atoms with Gasteiger partial charge in [0.05, 0.1) is 26.4 Å². The summed E-state index contributed by atoms with van der Waals surface area (Å²) in [5, 5.41) is 15.7. The van der Waals surface area contributed by atoms with Gasteiger partial charge in [0, 0.05) is 0 Å². The van der Waals surface area contributed by atoms with Crippen molar-refractivity contribution in [2.24, 2.45) is 0 Å². The fourth-order valence-electron chi connectivity index (χ4n) is 14.9. The Labute approximate surface area is 554 Å². The number of hydrogen-bond acceptors (Lipinski definition) is 4. The summed E-state index contributed by atoms with van der Waals surface area (Å²) in [6.07, 6.45) is 19.6. The minimum Gasteiger partial charge on any atom is -0.494 e. The van der Waals surface area contributed by atoms with E-state index in [1.165, 1.54) is 220 Å². The van der Waals surface area contributed by atoms with Crippen LogP contribution in [-0.4, -0.2) is 26.4 Å². The highest BCUT2D eigenvalue weighted by Gasteiger charge is 2.33. The minimum atomic E-state index is -0.0724. The van der Waals surface area contributed by atoms with Gasteiger partial charge in [-0.25, -0.2) is 0 Å². The SMILES string of the molecule is CCCCCCOc1ccc(-c2cc3cc(C(C)(C)C)cc4cc(-c5ccc(OCCCCCC)cc5)c5c6c(cc2c5c34)-c2cc3c(-c4ccc(OCCCCCC)cc4)cc4cc(C(C)(C)C)cc5cc(-c7ccc(OCCCCCC)cc7)c(c2C6)c3c45)cc1. The van der Waals surface area contributed by atoms with Crippen molar-refractivity contribution in [3.63, 3.8) is 0 Å². The Kier molecular flexibility index (Phi) is 18.8. The third-order valence-corrected chi connectivity index (χ3v) is 20.2. The zero-order valence-electron chi connectivity index (χ0n) is 57.5. The molecule has 4 heteroatoms. The third-order valence-electron chi connectivity index (χ3n) is 20.2. The molecule has 13 rings (SSSR count). The lowest BCUT2D eigenvalue weighted by atomic mass is 9.79. The van der Waals surface area contributed by atoms with E-state index in [1.807, 2.05) is 0 Å². The van der Waals surface area contributed by atoms with Crippen LogP contribution in [0.2, 0.25) is 0 Å². The van der Waals surface area contributed by atoms with Crippen molar-refractivity contribution in [1.29, 1.82) is 0 Å². The van der Waals surface area contributed by atoms with Gasteiger partial charge < -0.3 is 18.9 Å². The van der Waals surface area contributed by atoms with Crippen molar-refractivity contribution >= 4 is 64.6 Å². The number of benzene rings is 12. The predicted molar refractivity (Wildman–Crippen MR) is 400 cm³/mol. The number of fused-ring (bicyclic) bond motifs is 5. The smallest absolute Gasteiger partial charge is 0.119 e. The Bertz CT molecular complexity index is 4220. The van der Waals surface area contributed by atoms with Crippen molar-refractivity contribution in [2.75, 3.05) is 26.4 Å². The van der Waals surface area contributed by atoms with E-state index < -0.39 is 0 Å². The van der Waals surface area contributed by atoms with E-state index in [2.05, 4.69) is 227 Å². The molecular weight excluding hydrogens is 1130 g/mol. The molecule has 4 nitrogen and oxygen atoms in total. The van der Waals surface area contributed by atoms with E-state index in [9.17, 15) is 0 Å². The molecule has 0 amide bonds. The van der Waals surface area contributed by atoms with Crippen LogP contribution < -0.4 is 18.9 Å². The van der Waals surface area contributed by atoms with Gasteiger partial charge in [-0.05, 0) is 270 Å². The molecule has 0 unspecified atom stereocenters. The number of hydrogen-bond donors (Lipinski definition) is 0. The van der Waals surface area contributed by atoms with Crippen LogP contribution in [0.1, 0.15) is 194 Å². The first-order chi connectivity index (χ1) is 45.2. The second-order valence-electron chi connectivity index (χ2n) is 29.1. The van der Waals surface area contributed by atoms with E-state index in [0.717, 1.165) is 81.5 Å². The van der Waals surface area contributed by atoms with Crippen molar-refractivity contribution in [2.45, 2.75) is 189 Å². The van der Waals surface area contributed by atoms with E-state index in [1.54, 1.807) is 0 Å². The summed E-state index contributed by atoms with van der Waals surface area (Å²) >= 11 is 0. The van der Waals surface area contributed by atoms with Crippen LogP contribution >= 0.6 is 0 Å². The quantitative estimate of drug-likeness (QED) is 0.0362. The number of unbranched alkanes of at least 4 members (excludes halogenated alkanes) is 12. The lowest BCUT2D eigenvalue weighted by Crippen LogP contribution is -2.11. The Balaban J connectivity index is 1.09. The summed E-state index contributed by atoms with van der Waals surface area (Å²) < 4.78 is 25.8. The number of ether oxygens (including phenoxy) is 4. The van der Waals surface area contributed by atoms with E-state index >= 15 is 0 Å². The topological polar surface area (TPSA) is 36.9 Å². The molecule has 0 aliphatic heterocycles. The molecular formula is C89H98O4. The molecule has 0 fully saturated rings. The summed E-state index contributed by atoms with van der Waals surface area (Å²) in [6.45, 7) is 26.1. The maximum atomic E-state index is 6.47. The van der Waals surface area contributed by atoms with Crippen molar-refractivity contribution in [1.82, 2.24) is 0 Å². The fourth-order valence-corrected chi connectivity index (χ4v) is 14.9. The summed E-state index contributed by atoms with van der Waals surface area (Å²) in [5.74, 6) is 3.70. The van der Waals surface area contributed by atoms with Crippen LogP contribution in [0.3, 0.4) is 0 Å². The van der Waals surface area contributed by atoms with Gasteiger partial charge >= 0.3 is 0 Å². The van der Waals surface area contributed by atoms with Crippen LogP contribution in [0.15, 0.2) is 158 Å². The molecule has 0 heterocycles. The second-order valence-corrected chi connectivity index (χ2v) is 29.1. The van der Waals surface area contributed by atoms with Crippen LogP contribution in [-0.2, 0) is 17.3 Å². The summed E-state index contributed by atoms with van der Waals surface area (Å²) in [6, 6.07) is 61.5. The Hall–Kier alpha value is -8.08. The van der Waals surface area contributed by atoms with Crippen LogP contribution in [0.4, 0.5) is 0 Å². The highest BCUT2D eigenvalue weighted by molar-refractivity contribution is 6.34. The lowest BCUT2D eigenvalue weighted by Gasteiger charge is -2.25. The number of rotatable bonds is 28. The van der Waals surface area contributed by atoms with Gasteiger partial charge in [-0.15, -0.1) is 0 Å². The first kappa shape index (κ1) is 63.7. The second kappa shape index (κ2) is 27.5. The molecule has 0 saturated heterocycles. The van der Waals surface area contributed by atoms with Crippen molar-refractivity contribution in [3.05, 3.63) is 180 Å². The minimum absolute atomic E-state index is 0.0724. The molecule has 12 aromatic rings. The summed E-state index contributed by atoms with van der Waals surface area (Å²) in [5.41, 5.74) is 17.7. The lowest BCUT2D eigenvalue weighted by molar-refractivity contribution is 0.305. The molecule has 93 heavy (non-hydrogen) atoms. The molecule has 1 aliphatic carbocycles. The highest BCUT2D eigenvalue weighted by Crippen LogP contribution is 2.57. The van der Waals surface area contributed by atoms with Gasteiger partial charge in [0.15, 0.2) is 0 Å². The van der Waals surface area contributed by atoms with Crippen LogP contribution in [0.5, 0.6) is 23.0 Å². The molecule has 0 spiro atoms. The normalized spacial score (nSPS) is 12.6. The van der Waals surface area contributed by atoms with E-state index in [4.69, 9.17) is 18.9 Å². The molecule has 0 atom stereocenters. The molecule has 0 N–H and O–H groups in total. The Morgan fingerprint density at radius 2 is 0.538 bits per heavy atom. The van der Waals surface area contributed by atoms with Crippen molar-refractivity contribution < 1.29 is 18.9 Å². The highest BCUT2D eigenvalue weighted by atomic mass is 16.5. The molecule has 0 aromatic heterocycles. The summed E-state index contributed by atoms with van der Waals surface area (Å²) in [4.78, 5) is 0. The molecule has 12 aromatic carbocycles. The first-order valence-corrected chi connectivity index (χ1v) is 35.8. The molecule has 0 bridgehead atoms. The van der Waals surface area contributed by atoms with E-state index in [-0.39, 0.29) is 10.8 Å². The van der Waals surface area contributed by atoms with Crippen molar-refractivity contribution in [3.8, 4) is 78.6 Å². The fraction of sp³-hybridized carbons (Fsp3) is 0.371. The van der Waals surface area contributed by atoms with Gasteiger partial charge in [-0.1, -0.05) is 219 Å². The van der Waals surface area contributed by atoms with Gasteiger partial charge in [-0.3, -0.25) is 0 Å². The zero-order chi connectivity index (χ0) is 64.4. The van der Waals surface area contributed by atoms with E-state index in [0.29, 0.717) is 0 Å². The van der Waals surface area contributed by atoms with Crippen LogP contribution in [0.25, 0.3) is 120 Å². The van der Waals surface area contributed by atoms with Crippen LogP contribution in [0, 0.1) is 0 Å². The summed E-state index contributed by atoms with van der Waals surface area (Å²) in [7, 11) is 0. The Morgan fingerprint density at radius 1 is 0.269 bits per heavy atom. The van der Waals surface area contributed by atoms with Gasteiger partial charge in [0.1, 0.15) is 23.0 Å². The molecule has 0 saturated carbocycles. The largest absolute Gasteiger partial charge is 0.494 e.